The summed E-state index contributed by atoms with van der Waals surface area (Å²) in [7, 11) is 0. The molecule has 3 heterocycles. The summed E-state index contributed by atoms with van der Waals surface area (Å²) in [6, 6.07) is 5.42. The van der Waals surface area contributed by atoms with Gasteiger partial charge in [0.15, 0.2) is 5.76 Å². The van der Waals surface area contributed by atoms with Crippen molar-refractivity contribution in [3.8, 4) is 0 Å². The summed E-state index contributed by atoms with van der Waals surface area (Å²) in [5, 5.41) is 14.3. The van der Waals surface area contributed by atoms with Gasteiger partial charge in [0.2, 0.25) is 0 Å². The number of hydrogen-bond donors (Lipinski definition) is 1. The molecule has 0 radical (unpaired) electrons. The van der Waals surface area contributed by atoms with Crippen molar-refractivity contribution in [2.24, 2.45) is 5.92 Å². The molecule has 2 aromatic heterocycles. The smallest absolute Gasteiger partial charge is 0.289 e. The second-order valence-electron chi connectivity index (χ2n) is 6.64. The molecule has 0 bridgehead atoms. The Bertz CT molecular complexity index is 680. The molecule has 1 amide bonds. The summed E-state index contributed by atoms with van der Waals surface area (Å²) in [5.41, 5.74) is -0.434. The normalized spacial score (nSPS) is 20.7. The second kappa shape index (κ2) is 5.53. The van der Waals surface area contributed by atoms with Crippen molar-refractivity contribution >= 4 is 5.91 Å². The van der Waals surface area contributed by atoms with E-state index in [2.05, 4.69) is 5.10 Å². The molecule has 1 N–H and O–H groups in total. The fourth-order valence-electron chi connectivity index (χ4n) is 3.44. The lowest BCUT2D eigenvalue weighted by Crippen LogP contribution is -2.41. The SMILES string of the molecule is O=C(c1ccc(Cn2cccn2)o1)N1CCC(C2(O)CC2)CC1. The van der Waals surface area contributed by atoms with Crippen LogP contribution in [0, 0.1) is 5.92 Å². The standard InChI is InChI=1S/C17H21N3O3/c21-16(19-10-4-13(5-11-19)17(22)6-7-17)15-3-2-14(23-15)12-20-9-1-8-18-20/h1-3,8-9,13,22H,4-7,10-12H2. The Balaban J connectivity index is 1.37. The van der Waals surface area contributed by atoms with Crippen LogP contribution in [0.5, 0.6) is 0 Å². The van der Waals surface area contributed by atoms with Gasteiger partial charge >= 0.3 is 0 Å². The number of furan rings is 1. The third-order valence-electron chi connectivity index (χ3n) is 5.05. The van der Waals surface area contributed by atoms with E-state index in [0.717, 1.165) is 31.4 Å². The number of nitrogens with zero attached hydrogens (tertiary/aromatic N) is 3. The predicted molar refractivity (Wildman–Crippen MR) is 82.8 cm³/mol. The molecule has 2 aromatic rings. The highest BCUT2D eigenvalue weighted by atomic mass is 16.4. The fourth-order valence-corrected chi connectivity index (χ4v) is 3.44. The van der Waals surface area contributed by atoms with E-state index in [1.54, 1.807) is 16.9 Å². The van der Waals surface area contributed by atoms with Crippen LogP contribution in [0.25, 0.3) is 0 Å². The zero-order valence-corrected chi connectivity index (χ0v) is 13.0. The molecule has 2 fully saturated rings. The van der Waals surface area contributed by atoms with Gasteiger partial charge in [0.25, 0.3) is 5.91 Å². The molecule has 1 saturated heterocycles. The number of carbonyl (C=O) groups excluding carboxylic acids is 1. The Morgan fingerprint density at radius 1 is 1.35 bits per heavy atom. The van der Waals surface area contributed by atoms with E-state index in [9.17, 15) is 9.90 Å². The second-order valence-corrected chi connectivity index (χ2v) is 6.64. The third kappa shape index (κ3) is 2.91. The Labute approximate surface area is 134 Å². The molecule has 6 heteroatoms. The number of aromatic nitrogens is 2. The molecule has 0 atom stereocenters. The predicted octanol–water partition coefficient (Wildman–Crippen LogP) is 1.90. The first-order chi connectivity index (χ1) is 11.1. The van der Waals surface area contributed by atoms with Crippen molar-refractivity contribution in [2.75, 3.05) is 13.1 Å². The van der Waals surface area contributed by atoms with Crippen molar-refractivity contribution < 1.29 is 14.3 Å². The molecular formula is C17H21N3O3. The van der Waals surface area contributed by atoms with Gasteiger partial charge in [-0.15, -0.1) is 0 Å². The van der Waals surface area contributed by atoms with E-state index >= 15 is 0 Å². The molecule has 1 aliphatic carbocycles. The van der Waals surface area contributed by atoms with Gasteiger partial charge in [0, 0.05) is 25.5 Å². The fraction of sp³-hybridized carbons (Fsp3) is 0.529. The minimum absolute atomic E-state index is 0.0575. The van der Waals surface area contributed by atoms with Crippen molar-refractivity contribution in [1.29, 1.82) is 0 Å². The molecule has 0 aromatic carbocycles. The molecule has 1 saturated carbocycles. The van der Waals surface area contributed by atoms with Crippen molar-refractivity contribution in [3.63, 3.8) is 0 Å². The number of aliphatic hydroxyl groups is 1. The zero-order valence-electron chi connectivity index (χ0n) is 13.0. The minimum atomic E-state index is -0.434. The van der Waals surface area contributed by atoms with Gasteiger partial charge in [-0.3, -0.25) is 9.48 Å². The topological polar surface area (TPSA) is 71.5 Å². The van der Waals surface area contributed by atoms with Crippen LogP contribution in [0.4, 0.5) is 0 Å². The monoisotopic (exact) mass is 315 g/mol. The van der Waals surface area contributed by atoms with E-state index in [1.165, 1.54) is 0 Å². The first-order valence-corrected chi connectivity index (χ1v) is 8.22. The van der Waals surface area contributed by atoms with Crippen LogP contribution in [0.15, 0.2) is 35.0 Å². The molecule has 122 valence electrons. The van der Waals surface area contributed by atoms with Crippen LogP contribution in [0.3, 0.4) is 0 Å². The van der Waals surface area contributed by atoms with Gasteiger partial charge in [0.05, 0.1) is 12.1 Å². The molecule has 0 spiro atoms. The highest BCUT2D eigenvalue weighted by Crippen LogP contribution is 2.46. The average molecular weight is 315 g/mol. The van der Waals surface area contributed by atoms with E-state index in [0.29, 0.717) is 31.3 Å². The quantitative estimate of drug-likeness (QED) is 0.935. The number of likely N-dealkylation sites (tertiary alicyclic amines) is 1. The number of piperidine rings is 1. The number of hydrogen-bond acceptors (Lipinski definition) is 4. The van der Waals surface area contributed by atoms with Crippen molar-refractivity contribution in [2.45, 2.75) is 37.8 Å². The van der Waals surface area contributed by atoms with E-state index < -0.39 is 5.60 Å². The summed E-state index contributed by atoms with van der Waals surface area (Å²) < 4.78 is 7.44. The maximum Gasteiger partial charge on any atom is 0.289 e. The van der Waals surface area contributed by atoms with E-state index in [1.807, 2.05) is 23.2 Å². The maximum absolute atomic E-state index is 12.5. The maximum atomic E-state index is 12.5. The highest BCUT2D eigenvalue weighted by molar-refractivity contribution is 5.91. The molecule has 23 heavy (non-hydrogen) atoms. The van der Waals surface area contributed by atoms with Crippen molar-refractivity contribution in [3.05, 3.63) is 42.1 Å². The first kappa shape index (κ1) is 14.5. The average Bonchev–Trinajstić information content (AvgIpc) is 2.97. The van der Waals surface area contributed by atoms with Crippen LogP contribution in [-0.4, -0.2) is 44.4 Å². The third-order valence-corrected chi connectivity index (χ3v) is 5.05. The number of amides is 1. The number of carbonyl (C=O) groups is 1. The molecule has 1 aliphatic heterocycles. The lowest BCUT2D eigenvalue weighted by molar-refractivity contribution is 0.0326. The Morgan fingerprint density at radius 3 is 2.78 bits per heavy atom. The lowest BCUT2D eigenvalue weighted by Gasteiger charge is -2.34. The molecule has 2 aliphatic rings. The van der Waals surface area contributed by atoms with Gasteiger partial charge in [-0.1, -0.05) is 0 Å². The summed E-state index contributed by atoms with van der Waals surface area (Å²) in [6.45, 7) is 1.91. The zero-order chi connectivity index (χ0) is 15.9. The molecule has 4 rings (SSSR count). The summed E-state index contributed by atoms with van der Waals surface area (Å²) >= 11 is 0. The summed E-state index contributed by atoms with van der Waals surface area (Å²) in [4.78, 5) is 14.4. The van der Waals surface area contributed by atoms with Crippen LogP contribution in [0.2, 0.25) is 0 Å². The molecule has 6 nitrogen and oxygen atoms in total. The minimum Gasteiger partial charge on any atom is -0.454 e. The lowest BCUT2D eigenvalue weighted by atomic mass is 9.89. The van der Waals surface area contributed by atoms with Gasteiger partial charge in [0.1, 0.15) is 5.76 Å². The van der Waals surface area contributed by atoms with E-state index in [4.69, 9.17) is 4.42 Å². The van der Waals surface area contributed by atoms with Gasteiger partial charge in [-0.05, 0) is 49.8 Å². The summed E-state index contributed by atoms with van der Waals surface area (Å²) in [6.07, 6.45) is 7.16. The van der Waals surface area contributed by atoms with Crippen molar-refractivity contribution in [1.82, 2.24) is 14.7 Å². The number of rotatable bonds is 4. The van der Waals surface area contributed by atoms with Crippen LogP contribution in [-0.2, 0) is 6.54 Å². The first-order valence-electron chi connectivity index (χ1n) is 8.22. The van der Waals surface area contributed by atoms with Gasteiger partial charge < -0.3 is 14.4 Å². The Morgan fingerprint density at radius 2 is 2.13 bits per heavy atom. The van der Waals surface area contributed by atoms with Crippen LogP contribution in [0.1, 0.15) is 42.0 Å². The summed E-state index contributed by atoms with van der Waals surface area (Å²) in [5.74, 6) is 1.39. The van der Waals surface area contributed by atoms with Crippen LogP contribution >= 0.6 is 0 Å². The molecular weight excluding hydrogens is 294 g/mol. The molecule has 0 unspecified atom stereocenters. The van der Waals surface area contributed by atoms with E-state index in [-0.39, 0.29) is 5.91 Å². The van der Waals surface area contributed by atoms with Gasteiger partial charge in [-0.2, -0.15) is 5.10 Å². The van der Waals surface area contributed by atoms with Crippen LogP contribution < -0.4 is 0 Å². The Kier molecular flexibility index (Phi) is 3.49. The largest absolute Gasteiger partial charge is 0.454 e. The Hall–Kier alpha value is -2.08. The highest BCUT2D eigenvalue weighted by Gasteiger charge is 2.48. The van der Waals surface area contributed by atoms with Gasteiger partial charge in [-0.25, -0.2) is 0 Å².